The maximum absolute atomic E-state index is 10.5. The molecule has 2 aromatic heterocycles. The van der Waals surface area contributed by atoms with Crippen molar-refractivity contribution in [3.63, 3.8) is 0 Å². The normalized spacial score (nSPS) is 12.5. The fraction of sp³-hybridized carbons (Fsp3) is 0.105. The monoisotopic (exact) mass is 415 g/mol. The molecule has 2 aromatic carbocycles. The van der Waals surface area contributed by atoms with E-state index in [9.17, 15) is 10.2 Å². The number of pyridine rings is 2. The van der Waals surface area contributed by atoms with Gasteiger partial charge in [0.2, 0.25) is 12.3 Å². The second kappa shape index (κ2) is 5.81. The van der Waals surface area contributed by atoms with Gasteiger partial charge < -0.3 is 41.4 Å². The van der Waals surface area contributed by atoms with Crippen LogP contribution in [0.5, 0.6) is 28.7 Å². The van der Waals surface area contributed by atoms with E-state index in [1.165, 1.54) is 7.11 Å². The maximum Gasteiger partial charge on any atom is 0.231 e. The number of rotatable bonds is 1. The number of phenolic OH excluding ortho intramolecular Hbond substituents is 2. The van der Waals surface area contributed by atoms with Crippen LogP contribution in [0.1, 0.15) is 0 Å². The number of hydrogen-bond donors (Lipinski definition) is 2. The topological polar surface area (TPSA) is 72.3 Å². The van der Waals surface area contributed by atoms with Crippen LogP contribution in [0, 0.1) is 0 Å². The van der Waals surface area contributed by atoms with Gasteiger partial charge in [-0.3, -0.25) is 0 Å². The van der Waals surface area contributed by atoms with Gasteiger partial charge in [0, 0.05) is 23.6 Å². The molecule has 1 aliphatic rings. The Balaban J connectivity index is 0.00000168. The largest absolute Gasteiger partial charge is 1.00 e. The van der Waals surface area contributed by atoms with Crippen LogP contribution in [0.2, 0.25) is 0 Å². The lowest BCUT2D eigenvalue weighted by Gasteiger charge is -2.08. The average molecular weight is 416 g/mol. The van der Waals surface area contributed by atoms with Crippen molar-refractivity contribution in [3.05, 3.63) is 42.7 Å². The number of methoxy groups -OCH3 is 1. The molecular weight excluding hydrogens is 402 g/mol. The second-order valence-corrected chi connectivity index (χ2v) is 5.92. The van der Waals surface area contributed by atoms with E-state index in [1.54, 1.807) is 12.1 Å². The summed E-state index contributed by atoms with van der Waals surface area (Å²) in [4.78, 5) is 0. The van der Waals surface area contributed by atoms with Gasteiger partial charge in [-0.25, -0.2) is 0 Å². The van der Waals surface area contributed by atoms with Crippen LogP contribution >= 0.6 is 0 Å². The molecule has 26 heavy (non-hydrogen) atoms. The number of phenols is 2. The molecule has 0 saturated carbocycles. The second-order valence-electron chi connectivity index (χ2n) is 5.92. The van der Waals surface area contributed by atoms with Gasteiger partial charge in [-0.05, 0) is 17.5 Å². The molecule has 132 valence electrons. The molecule has 5 rings (SSSR count). The minimum absolute atomic E-state index is 0. The van der Waals surface area contributed by atoms with Gasteiger partial charge >= 0.3 is 0 Å². The smallest absolute Gasteiger partial charge is 0.231 e. The van der Waals surface area contributed by atoms with Gasteiger partial charge in [0.25, 0.3) is 0 Å². The zero-order chi connectivity index (χ0) is 17.1. The lowest BCUT2D eigenvalue weighted by molar-refractivity contribution is -0.509. The van der Waals surface area contributed by atoms with Crippen LogP contribution in [0.3, 0.4) is 0 Å². The van der Waals surface area contributed by atoms with Gasteiger partial charge in [0.05, 0.1) is 17.9 Å². The third-order valence-corrected chi connectivity index (χ3v) is 4.61. The van der Waals surface area contributed by atoms with Gasteiger partial charge in [0.1, 0.15) is 5.75 Å². The number of hydrogen-bond acceptors (Lipinski definition) is 5. The molecule has 7 heteroatoms. The standard InChI is InChI=1S/C19H13NO5.BrH/c1-23-15-3-2-10-6-13-17-11(4-5-20(13)8-12(10)18(15)22)19-16(7-14(17)21)24-9-25-19;/h2-8H,9H2,1H3,(H,21,22);1H. The Morgan fingerprint density at radius 3 is 2.73 bits per heavy atom. The minimum Gasteiger partial charge on any atom is -1.00 e. The first-order valence-electron chi connectivity index (χ1n) is 7.76. The first kappa shape index (κ1) is 16.5. The molecule has 2 N–H and O–H groups in total. The molecule has 0 bridgehead atoms. The highest BCUT2D eigenvalue weighted by molar-refractivity contribution is 6.05. The van der Waals surface area contributed by atoms with Crippen molar-refractivity contribution in [2.75, 3.05) is 13.9 Å². The Bertz CT molecular complexity index is 1190. The molecule has 0 amide bonds. The molecule has 0 fully saturated rings. The Kier molecular flexibility index (Phi) is 3.69. The molecule has 4 aromatic rings. The third kappa shape index (κ3) is 2.13. The predicted octanol–water partition coefficient (Wildman–Crippen LogP) is -0.116. The quantitative estimate of drug-likeness (QED) is 0.257. The number of fused-ring (bicyclic) bond motifs is 6. The summed E-state index contributed by atoms with van der Waals surface area (Å²) >= 11 is 0. The summed E-state index contributed by atoms with van der Waals surface area (Å²) < 4.78 is 18.0. The fourth-order valence-corrected chi connectivity index (χ4v) is 3.42. The third-order valence-electron chi connectivity index (χ3n) is 4.61. The highest BCUT2D eigenvalue weighted by Gasteiger charge is 2.24. The zero-order valence-corrected chi connectivity index (χ0v) is 15.3. The summed E-state index contributed by atoms with van der Waals surface area (Å²) in [5.74, 6) is 1.80. The van der Waals surface area contributed by atoms with Crippen molar-refractivity contribution >= 4 is 27.1 Å². The van der Waals surface area contributed by atoms with Crippen molar-refractivity contribution < 1.29 is 45.8 Å². The van der Waals surface area contributed by atoms with Gasteiger partial charge in [0.15, 0.2) is 35.4 Å². The van der Waals surface area contributed by atoms with Crippen molar-refractivity contribution in [1.82, 2.24) is 0 Å². The summed E-state index contributed by atoms with van der Waals surface area (Å²) in [5.41, 5.74) is 0.797. The van der Waals surface area contributed by atoms with Crippen LogP contribution in [0.15, 0.2) is 42.7 Å². The Labute approximate surface area is 158 Å². The average Bonchev–Trinajstić information content (AvgIpc) is 3.09. The molecule has 0 radical (unpaired) electrons. The molecule has 0 unspecified atom stereocenters. The molecule has 6 nitrogen and oxygen atoms in total. The van der Waals surface area contributed by atoms with Crippen molar-refractivity contribution in [3.8, 4) is 28.7 Å². The van der Waals surface area contributed by atoms with E-state index in [2.05, 4.69) is 0 Å². The van der Waals surface area contributed by atoms with E-state index in [-0.39, 0.29) is 35.3 Å². The zero-order valence-electron chi connectivity index (χ0n) is 13.7. The van der Waals surface area contributed by atoms with E-state index in [1.807, 2.05) is 35.0 Å². The van der Waals surface area contributed by atoms with E-state index in [4.69, 9.17) is 14.2 Å². The van der Waals surface area contributed by atoms with E-state index in [0.29, 0.717) is 28.0 Å². The summed E-state index contributed by atoms with van der Waals surface area (Å²) in [6.07, 6.45) is 3.67. The van der Waals surface area contributed by atoms with E-state index >= 15 is 0 Å². The van der Waals surface area contributed by atoms with Gasteiger partial charge in [-0.1, -0.05) is 0 Å². The maximum atomic E-state index is 10.5. The number of nitrogens with zero attached hydrogens (tertiary/aromatic N) is 1. The summed E-state index contributed by atoms with van der Waals surface area (Å²) in [5, 5.41) is 23.9. The van der Waals surface area contributed by atoms with Crippen LogP contribution in [-0.2, 0) is 0 Å². The summed E-state index contributed by atoms with van der Waals surface area (Å²) in [6.45, 7) is 0.143. The first-order valence-corrected chi connectivity index (χ1v) is 7.76. The fourth-order valence-electron chi connectivity index (χ4n) is 3.42. The first-order chi connectivity index (χ1) is 12.2. The number of aromatic hydroxyl groups is 2. The van der Waals surface area contributed by atoms with Crippen molar-refractivity contribution in [2.45, 2.75) is 0 Å². The molecule has 0 spiro atoms. The van der Waals surface area contributed by atoms with E-state index in [0.717, 1.165) is 16.3 Å². The SMILES string of the molecule is COc1ccc2cc3c4c(O)cc5c(c4cc[n+]3cc2c1O)OCO5.[Br-]. The Morgan fingerprint density at radius 1 is 1.08 bits per heavy atom. The molecule has 0 atom stereocenters. The van der Waals surface area contributed by atoms with Gasteiger partial charge in [-0.15, -0.1) is 0 Å². The number of benzene rings is 2. The van der Waals surface area contributed by atoms with Crippen LogP contribution in [-0.4, -0.2) is 24.1 Å². The van der Waals surface area contributed by atoms with E-state index < -0.39 is 0 Å². The highest BCUT2D eigenvalue weighted by Crippen LogP contribution is 2.45. The molecular formula is C19H14BrNO5. The number of ether oxygens (including phenoxy) is 3. The van der Waals surface area contributed by atoms with Gasteiger partial charge in [-0.2, -0.15) is 4.40 Å². The lowest BCUT2D eigenvalue weighted by Crippen LogP contribution is -3.00. The predicted molar refractivity (Wildman–Crippen MR) is 90.6 cm³/mol. The van der Waals surface area contributed by atoms with Crippen molar-refractivity contribution in [2.24, 2.45) is 0 Å². The van der Waals surface area contributed by atoms with Crippen LogP contribution in [0.25, 0.3) is 27.1 Å². The minimum atomic E-state index is 0. The Morgan fingerprint density at radius 2 is 1.92 bits per heavy atom. The molecule has 3 heterocycles. The molecule has 0 saturated heterocycles. The Hall–Kier alpha value is -2.93. The number of aromatic nitrogens is 1. The number of halogens is 1. The summed E-state index contributed by atoms with van der Waals surface area (Å²) in [6, 6.07) is 8.93. The van der Waals surface area contributed by atoms with Crippen LogP contribution < -0.4 is 35.6 Å². The lowest BCUT2D eigenvalue weighted by atomic mass is 10.0. The highest BCUT2D eigenvalue weighted by atomic mass is 79.9. The molecule has 0 aliphatic carbocycles. The van der Waals surface area contributed by atoms with Crippen molar-refractivity contribution in [1.29, 1.82) is 0 Å². The van der Waals surface area contributed by atoms with Crippen LogP contribution in [0.4, 0.5) is 0 Å². The summed E-state index contributed by atoms with van der Waals surface area (Å²) in [7, 11) is 1.52. The molecule has 1 aliphatic heterocycles.